The van der Waals surface area contributed by atoms with E-state index in [2.05, 4.69) is 10.1 Å². The van der Waals surface area contributed by atoms with E-state index in [0.717, 1.165) is 56.2 Å². The van der Waals surface area contributed by atoms with Crippen molar-refractivity contribution in [1.29, 1.82) is 0 Å². The zero-order valence-electron chi connectivity index (χ0n) is 14.3. The van der Waals surface area contributed by atoms with E-state index in [1.165, 1.54) is 12.1 Å². The van der Waals surface area contributed by atoms with Gasteiger partial charge in [0.15, 0.2) is 0 Å². The van der Waals surface area contributed by atoms with Crippen LogP contribution in [0.1, 0.15) is 29.4 Å². The first-order chi connectivity index (χ1) is 12.1. The Kier molecular flexibility index (Phi) is 4.29. The summed E-state index contributed by atoms with van der Waals surface area (Å²) >= 11 is 0. The van der Waals surface area contributed by atoms with Crippen LogP contribution in [0.15, 0.2) is 34.9 Å². The van der Waals surface area contributed by atoms with E-state index >= 15 is 0 Å². The summed E-state index contributed by atoms with van der Waals surface area (Å²) in [6, 6.07) is 8.49. The van der Waals surface area contributed by atoms with Crippen LogP contribution in [-0.2, 0) is 11.3 Å². The van der Waals surface area contributed by atoms with Crippen LogP contribution in [0.3, 0.4) is 0 Å². The van der Waals surface area contributed by atoms with Crippen molar-refractivity contribution < 1.29 is 13.7 Å². The summed E-state index contributed by atoms with van der Waals surface area (Å²) in [6.45, 7) is 5.86. The number of carbonyl (C=O) groups is 1. The average molecular weight is 343 g/mol. The third-order valence-electron chi connectivity index (χ3n) is 5.15. The second-order valence-electron chi connectivity index (χ2n) is 7.03. The molecule has 2 heterocycles. The molecule has 0 N–H and O–H groups in total. The summed E-state index contributed by atoms with van der Waals surface area (Å²) in [5.74, 6) is 1.15. The smallest absolute Gasteiger partial charge is 0.226 e. The highest BCUT2D eigenvalue weighted by Crippen LogP contribution is 2.48. The Balaban J connectivity index is 1.28. The fourth-order valence-electron chi connectivity index (χ4n) is 3.63. The van der Waals surface area contributed by atoms with Crippen LogP contribution in [0.25, 0.3) is 0 Å². The number of amides is 1. The molecule has 2 fully saturated rings. The van der Waals surface area contributed by atoms with Gasteiger partial charge in [0.25, 0.3) is 0 Å². The monoisotopic (exact) mass is 343 g/mol. The normalized spacial score (nSPS) is 23.7. The SMILES string of the molecule is Cc1cc(CN2CCN(C(=O)[C@H]3C[C@H]3c3ccc(F)cc3)CC2)no1. The molecule has 4 rings (SSSR count). The maximum Gasteiger partial charge on any atom is 0.226 e. The van der Waals surface area contributed by atoms with Gasteiger partial charge in [-0.15, -0.1) is 0 Å². The quantitative estimate of drug-likeness (QED) is 0.856. The molecule has 0 unspecified atom stereocenters. The van der Waals surface area contributed by atoms with Crippen molar-refractivity contribution >= 4 is 5.91 Å². The molecule has 1 aliphatic carbocycles. The maximum absolute atomic E-state index is 13.0. The zero-order chi connectivity index (χ0) is 17.4. The van der Waals surface area contributed by atoms with Gasteiger partial charge in [-0.3, -0.25) is 9.69 Å². The van der Waals surface area contributed by atoms with Crippen LogP contribution >= 0.6 is 0 Å². The van der Waals surface area contributed by atoms with Crippen molar-refractivity contribution in [1.82, 2.24) is 15.0 Å². The van der Waals surface area contributed by atoms with Crippen LogP contribution in [0.2, 0.25) is 0 Å². The molecule has 5 nitrogen and oxygen atoms in total. The highest BCUT2D eigenvalue weighted by molar-refractivity contribution is 5.83. The van der Waals surface area contributed by atoms with E-state index in [1.807, 2.05) is 17.9 Å². The van der Waals surface area contributed by atoms with Crippen molar-refractivity contribution in [3.05, 3.63) is 53.2 Å². The zero-order valence-corrected chi connectivity index (χ0v) is 14.3. The number of halogens is 1. The number of aromatic nitrogens is 1. The highest BCUT2D eigenvalue weighted by atomic mass is 19.1. The van der Waals surface area contributed by atoms with Gasteiger partial charge < -0.3 is 9.42 Å². The van der Waals surface area contributed by atoms with E-state index in [4.69, 9.17) is 4.52 Å². The lowest BCUT2D eigenvalue weighted by molar-refractivity contribution is -0.134. The summed E-state index contributed by atoms with van der Waals surface area (Å²) in [7, 11) is 0. The van der Waals surface area contributed by atoms with Crippen molar-refractivity contribution in [2.24, 2.45) is 5.92 Å². The van der Waals surface area contributed by atoms with Crippen molar-refractivity contribution in [2.45, 2.75) is 25.8 Å². The molecule has 1 aromatic carbocycles. The number of hydrogen-bond acceptors (Lipinski definition) is 4. The first-order valence-corrected chi connectivity index (χ1v) is 8.79. The maximum atomic E-state index is 13.0. The molecule has 25 heavy (non-hydrogen) atoms. The van der Waals surface area contributed by atoms with Gasteiger partial charge in [-0.1, -0.05) is 17.3 Å². The Morgan fingerprint density at radius 1 is 1.24 bits per heavy atom. The predicted octanol–water partition coefficient (Wildman–Crippen LogP) is 2.57. The van der Waals surface area contributed by atoms with E-state index < -0.39 is 0 Å². The Morgan fingerprint density at radius 2 is 1.96 bits per heavy atom. The molecule has 1 saturated heterocycles. The molecule has 2 aliphatic rings. The average Bonchev–Trinajstić information content (AvgIpc) is 3.31. The predicted molar refractivity (Wildman–Crippen MR) is 90.3 cm³/mol. The van der Waals surface area contributed by atoms with Crippen molar-refractivity contribution in [2.75, 3.05) is 26.2 Å². The summed E-state index contributed by atoms with van der Waals surface area (Å²) in [4.78, 5) is 17.0. The molecule has 0 bridgehead atoms. The fourth-order valence-corrected chi connectivity index (χ4v) is 3.63. The van der Waals surface area contributed by atoms with Gasteiger partial charge in [0.05, 0.1) is 5.69 Å². The third-order valence-corrected chi connectivity index (χ3v) is 5.15. The topological polar surface area (TPSA) is 49.6 Å². The Morgan fingerprint density at radius 3 is 2.60 bits per heavy atom. The Bertz CT molecular complexity index is 750. The van der Waals surface area contributed by atoms with Gasteiger partial charge in [-0.2, -0.15) is 0 Å². The van der Waals surface area contributed by atoms with E-state index in [9.17, 15) is 9.18 Å². The summed E-state index contributed by atoms with van der Waals surface area (Å²) < 4.78 is 18.1. The molecule has 2 atom stereocenters. The summed E-state index contributed by atoms with van der Waals surface area (Å²) in [6.07, 6.45) is 0.878. The van der Waals surface area contributed by atoms with Gasteiger partial charge >= 0.3 is 0 Å². The number of hydrogen-bond donors (Lipinski definition) is 0. The molecule has 1 amide bonds. The number of rotatable bonds is 4. The van der Waals surface area contributed by atoms with Gasteiger partial charge in [0.1, 0.15) is 11.6 Å². The van der Waals surface area contributed by atoms with E-state index in [1.54, 1.807) is 12.1 Å². The largest absolute Gasteiger partial charge is 0.361 e. The second-order valence-corrected chi connectivity index (χ2v) is 7.03. The Hall–Kier alpha value is -2.21. The first kappa shape index (κ1) is 16.3. The van der Waals surface area contributed by atoms with Crippen LogP contribution in [0.5, 0.6) is 0 Å². The van der Waals surface area contributed by atoms with Crippen molar-refractivity contribution in [3.8, 4) is 0 Å². The van der Waals surface area contributed by atoms with Gasteiger partial charge in [-0.25, -0.2) is 4.39 Å². The summed E-state index contributed by atoms with van der Waals surface area (Å²) in [5.41, 5.74) is 2.01. The van der Waals surface area contributed by atoms with Gasteiger partial charge in [0.2, 0.25) is 5.91 Å². The van der Waals surface area contributed by atoms with E-state index in [-0.39, 0.29) is 23.6 Å². The van der Waals surface area contributed by atoms with E-state index in [0.29, 0.717) is 0 Å². The number of aryl methyl sites for hydroxylation is 1. The minimum atomic E-state index is -0.231. The molecular formula is C19H22FN3O2. The Labute approximate surface area is 146 Å². The molecule has 132 valence electrons. The number of piperazine rings is 1. The van der Waals surface area contributed by atoms with Crippen molar-refractivity contribution in [3.63, 3.8) is 0 Å². The molecule has 1 aromatic heterocycles. The minimum absolute atomic E-state index is 0.0650. The molecule has 6 heteroatoms. The first-order valence-electron chi connectivity index (χ1n) is 8.79. The molecule has 2 aromatic rings. The second kappa shape index (κ2) is 6.59. The molecular weight excluding hydrogens is 321 g/mol. The lowest BCUT2D eigenvalue weighted by Crippen LogP contribution is -2.48. The molecule has 1 aliphatic heterocycles. The standard InChI is InChI=1S/C19H22FN3O2/c1-13-10-16(21-25-13)12-22-6-8-23(9-7-22)19(24)18-11-17(18)14-2-4-15(20)5-3-14/h2-5,10,17-18H,6-9,11-12H2,1H3/t17-,18-/m0/s1. The summed E-state index contributed by atoms with van der Waals surface area (Å²) in [5, 5.41) is 4.03. The number of benzene rings is 1. The number of nitrogens with zero attached hydrogens (tertiary/aromatic N) is 3. The molecule has 0 spiro atoms. The van der Waals surface area contributed by atoms with Crippen LogP contribution in [-0.4, -0.2) is 47.0 Å². The molecule has 1 saturated carbocycles. The molecule has 0 radical (unpaired) electrons. The van der Waals surface area contributed by atoms with Crippen LogP contribution in [0.4, 0.5) is 4.39 Å². The van der Waals surface area contributed by atoms with Crippen LogP contribution in [0, 0.1) is 18.7 Å². The van der Waals surface area contributed by atoms with Crippen LogP contribution < -0.4 is 0 Å². The number of carbonyl (C=O) groups excluding carboxylic acids is 1. The minimum Gasteiger partial charge on any atom is -0.361 e. The third kappa shape index (κ3) is 3.58. The van der Waals surface area contributed by atoms with Gasteiger partial charge in [-0.05, 0) is 37.0 Å². The van der Waals surface area contributed by atoms with Gasteiger partial charge in [0, 0.05) is 44.7 Å². The fraction of sp³-hybridized carbons (Fsp3) is 0.474. The lowest BCUT2D eigenvalue weighted by atomic mass is 10.1. The lowest BCUT2D eigenvalue weighted by Gasteiger charge is -2.34. The highest BCUT2D eigenvalue weighted by Gasteiger charge is 2.46.